The Balaban J connectivity index is 2.14. The smallest absolute Gasteiger partial charge is 0.292 e. The third-order valence-corrected chi connectivity index (χ3v) is 3.64. The van der Waals surface area contributed by atoms with E-state index in [2.05, 4.69) is 5.32 Å². The van der Waals surface area contributed by atoms with Crippen LogP contribution >= 0.6 is 0 Å². The predicted octanol–water partition coefficient (Wildman–Crippen LogP) is 3.46. The maximum Gasteiger partial charge on any atom is 0.292 e. The second kappa shape index (κ2) is 7.41. The molecular weight excluding hydrogens is 306 g/mol. The van der Waals surface area contributed by atoms with Crippen LogP contribution in [0.2, 0.25) is 0 Å². The van der Waals surface area contributed by atoms with Crippen LogP contribution in [-0.2, 0) is 4.79 Å². The van der Waals surface area contributed by atoms with Gasteiger partial charge in [-0.2, -0.15) is 0 Å². The molecule has 6 heteroatoms. The first-order valence-electron chi connectivity index (χ1n) is 7.46. The molecule has 0 radical (unpaired) electrons. The molecule has 124 valence electrons. The first-order chi connectivity index (χ1) is 11.4. The van der Waals surface area contributed by atoms with Crippen molar-refractivity contribution in [3.8, 4) is 0 Å². The fourth-order valence-corrected chi connectivity index (χ4v) is 2.26. The van der Waals surface area contributed by atoms with Gasteiger partial charge in [-0.05, 0) is 37.1 Å². The van der Waals surface area contributed by atoms with E-state index >= 15 is 0 Å². The summed E-state index contributed by atoms with van der Waals surface area (Å²) in [4.78, 5) is 22.7. The number of nitrogens with two attached hydrogens (primary N) is 1. The zero-order chi connectivity index (χ0) is 17.7. The minimum Gasteiger partial charge on any atom is -0.393 e. The minimum atomic E-state index is -0.542. The number of nitrogen functional groups attached to an aromatic ring is 1. The Morgan fingerprint density at radius 2 is 1.92 bits per heavy atom. The lowest BCUT2D eigenvalue weighted by molar-refractivity contribution is -0.383. The van der Waals surface area contributed by atoms with E-state index in [1.54, 1.807) is 19.1 Å². The maximum atomic E-state index is 12.3. The molecule has 0 heterocycles. The summed E-state index contributed by atoms with van der Waals surface area (Å²) in [5.74, 6) is -0.231. The number of carbonyl (C=O) groups excluding carboxylic acids is 1. The standard InChI is InChI=1S/C18H19N3O3/c1-12(10-14-8-9-16(19)17(11-14)21(23)24)18(22)20-13(2)15-6-4-3-5-7-15/h3-11,13H,19H2,1-2H3,(H,20,22)/b12-10+/t13-/m0/s1. The van der Waals surface area contributed by atoms with Crippen molar-refractivity contribution in [2.75, 3.05) is 5.73 Å². The maximum absolute atomic E-state index is 12.3. The molecule has 0 aliphatic carbocycles. The Morgan fingerprint density at radius 3 is 2.54 bits per heavy atom. The van der Waals surface area contributed by atoms with Gasteiger partial charge in [0.05, 0.1) is 11.0 Å². The number of nitrogens with one attached hydrogen (secondary N) is 1. The fourth-order valence-electron chi connectivity index (χ4n) is 2.26. The van der Waals surface area contributed by atoms with Crippen LogP contribution < -0.4 is 11.1 Å². The number of nitro benzene ring substituents is 1. The van der Waals surface area contributed by atoms with E-state index in [0.29, 0.717) is 11.1 Å². The van der Waals surface area contributed by atoms with Crippen LogP contribution in [0, 0.1) is 10.1 Å². The number of carbonyl (C=O) groups is 1. The molecule has 0 spiro atoms. The second-order valence-electron chi connectivity index (χ2n) is 5.51. The highest BCUT2D eigenvalue weighted by Crippen LogP contribution is 2.23. The lowest BCUT2D eigenvalue weighted by Gasteiger charge is -2.14. The Bertz CT molecular complexity index is 785. The monoisotopic (exact) mass is 325 g/mol. The van der Waals surface area contributed by atoms with Crippen LogP contribution in [0.25, 0.3) is 6.08 Å². The number of hydrogen-bond donors (Lipinski definition) is 2. The number of benzene rings is 2. The van der Waals surface area contributed by atoms with Gasteiger partial charge in [-0.25, -0.2) is 0 Å². The molecule has 0 fully saturated rings. The highest BCUT2D eigenvalue weighted by molar-refractivity contribution is 5.97. The van der Waals surface area contributed by atoms with Crippen molar-refractivity contribution in [3.05, 3.63) is 75.3 Å². The van der Waals surface area contributed by atoms with Crippen molar-refractivity contribution in [2.45, 2.75) is 19.9 Å². The summed E-state index contributed by atoms with van der Waals surface area (Å²) in [6, 6.07) is 13.9. The summed E-state index contributed by atoms with van der Waals surface area (Å²) in [5, 5.41) is 13.8. The van der Waals surface area contributed by atoms with Crippen molar-refractivity contribution in [1.82, 2.24) is 5.32 Å². The normalized spacial score (nSPS) is 12.5. The first-order valence-corrected chi connectivity index (χ1v) is 7.46. The number of nitrogens with zero attached hydrogens (tertiary/aromatic N) is 1. The molecule has 0 aromatic heterocycles. The van der Waals surface area contributed by atoms with Crippen molar-refractivity contribution in [3.63, 3.8) is 0 Å². The molecule has 2 aromatic carbocycles. The largest absolute Gasteiger partial charge is 0.393 e. The van der Waals surface area contributed by atoms with Crippen LogP contribution in [0.1, 0.15) is 31.0 Å². The van der Waals surface area contributed by atoms with E-state index in [1.807, 2.05) is 37.3 Å². The van der Waals surface area contributed by atoms with E-state index in [-0.39, 0.29) is 23.3 Å². The summed E-state index contributed by atoms with van der Waals surface area (Å²) >= 11 is 0. The number of anilines is 1. The summed E-state index contributed by atoms with van der Waals surface area (Å²) in [5.41, 5.74) is 7.50. The van der Waals surface area contributed by atoms with Crippen LogP contribution in [0.5, 0.6) is 0 Å². The molecule has 0 aliphatic heterocycles. The summed E-state index contributed by atoms with van der Waals surface area (Å²) in [6.45, 7) is 3.56. The SMILES string of the molecule is C/C(=C\c1ccc(N)c([N+](=O)[O-])c1)C(=O)N[C@@H](C)c1ccccc1. The molecule has 0 saturated heterocycles. The van der Waals surface area contributed by atoms with E-state index in [0.717, 1.165) is 5.56 Å². The van der Waals surface area contributed by atoms with Gasteiger partial charge in [-0.3, -0.25) is 14.9 Å². The van der Waals surface area contributed by atoms with Crippen LogP contribution in [0.15, 0.2) is 54.1 Å². The fraction of sp³-hybridized carbons (Fsp3) is 0.167. The summed E-state index contributed by atoms with van der Waals surface area (Å²) in [7, 11) is 0. The Morgan fingerprint density at radius 1 is 1.25 bits per heavy atom. The first kappa shape index (κ1) is 17.2. The van der Waals surface area contributed by atoms with Gasteiger partial charge >= 0.3 is 0 Å². The second-order valence-corrected chi connectivity index (χ2v) is 5.51. The molecule has 3 N–H and O–H groups in total. The van der Waals surface area contributed by atoms with Gasteiger partial charge in [0, 0.05) is 11.6 Å². The van der Waals surface area contributed by atoms with E-state index in [4.69, 9.17) is 5.73 Å². The molecule has 1 atom stereocenters. The summed E-state index contributed by atoms with van der Waals surface area (Å²) < 4.78 is 0. The highest BCUT2D eigenvalue weighted by atomic mass is 16.6. The predicted molar refractivity (Wildman–Crippen MR) is 94.2 cm³/mol. The minimum absolute atomic E-state index is 0.0944. The summed E-state index contributed by atoms with van der Waals surface area (Å²) in [6.07, 6.45) is 1.60. The number of nitro groups is 1. The van der Waals surface area contributed by atoms with Crippen LogP contribution in [0.4, 0.5) is 11.4 Å². The Labute approximate surface area is 140 Å². The molecular formula is C18H19N3O3. The Kier molecular flexibility index (Phi) is 5.31. The average Bonchev–Trinajstić information content (AvgIpc) is 2.57. The molecule has 6 nitrogen and oxygen atoms in total. The zero-order valence-corrected chi connectivity index (χ0v) is 13.5. The van der Waals surface area contributed by atoms with Gasteiger partial charge in [-0.1, -0.05) is 36.4 Å². The van der Waals surface area contributed by atoms with Gasteiger partial charge in [0.15, 0.2) is 0 Å². The molecule has 2 rings (SSSR count). The number of amides is 1. The van der Waals surface area contributed by atoms with E-state index < -0.39 is 4.92 Å². The lowest BCUT2D eigenvalue weighted by Crippen LogP contribution is -2.27. The Hall–Kier alpha value is -3.15. The van der Waals surface area contributed by atoms with Gasteiger partial charge in [0.1, 0.15) is 5.69 Å². The number of hydrogen-bond acceptors (Lipinski definition) is 4. The van der Waals surface area contributed by atoms with Crippen molar-refractivity contribution >= 4 is 23.4 Å². The average molecular weight is 325 g/mol. The van der Waals surface area contributed by atoms with Crippen LogP contribution in [-0.4, -0.2) is 10.8 Å². The molecule has 24 heavy (non-hydrogen) atoms. The van der Waals surface area contributed by atoms with Crippen molar-refractivity contribution < 1.29 is 9.72 Å². The zero-order valence-electron chi connectivity index (χ0n) is 13.5. The molecule has 0 saturated carbocycles. The van der Waals surface area contributed by atoms with Gasteiger partial charge in [0.2, 0.25) is 5.91 Å². The molecule has 0 bridgehead atoms. The lowest BCUT2D eigenvalue weighted by atomic mass is 10.1. The third-order valence-electron chi connectivity index (χ3n) is 3.64. The molecule has 0 unspecified atom stereocenters. The number of rotatable bonds is 5. The molecule has 1 amide bonds. The van der Waals surface area contributed by atoms with Gasteiger partial charge in [-0.15, -0.1) is 0 Å². The van der Waals surface area contributed by atoms with E-state index in [1.165, 1.54) is 12.1 Å². The topological polar surface area (TPSA) is 98.3 Å². The van der Waals surface area contributed by atoms with Crippen molar-refractivity contribution in [1.29, 1.82) is 0 Å². The molecule has 0 aliphatic rings. The van der Waals surface area contributed by atoms with Crippen molar-refractivity contribution in [2.24, 2.45) is 0 Å². The quantitative estimate of drug-likeness (QED) is 0.380. The molecule has 2 aromatic rings. The van der Waals surface area contributed by atoms with Gasteiger partial charge in [0.25, 0.3) is 5.69 Å². The van der Waals surface area contributed by atoms with Crippen LogP contribution in [0.3, 0.4) is 0 Å². The third kappa shape index (κ3) is 4.19. The van der Waals surface area contributed by atoms with Gasteiger partial charge < -0.3 is 11.1 Å². The van der Waals surface area contributed by atoms with E-state index in [9.17, 15) is 14.9 Å². The highest BCUT2D eigenvalue weighted by Gasteiger charge is 2.13.